The van der Waals surface area contributed by atoms with Crippen LogP contribution in [0.15, 0.2) is 18.2 Å². The highest BCUT2D eigenvalue weighted by Gasteiger charge is 2.39. The molecule has 3 N–H and O–H groups in total. The molecule has 0 saturated heterocycles. The highest BCUT2D eigenvalue weighted by molar-refractivity contribution is 6.31. The van der Waals surface area contributed by atoms with E-state index in [4.69, 9.17) is 22.4 Å². The van der Waals surface area contributed by atoms with Crippen LogP contribution < -0.4 is 5.73 Å². The lowest BCUT2D eigenvalue weighted by molar-refractivity contribution is -0.137. The minimum Gasteiger partial charge on any atom is -0.390 e. The largest absolute Gasteiger partial charge is 0.417 e. The van der Waals surface area contributed by atoms with Crippen LogP contribution in [0.5, 0.6) is 0 Å². The number of aliphatic hydroxyl groups excluding tert-OH is 1. The van der Waals surface area contributed by atoms with Gasteiger partial charge < -0.3 is 10.8 Å². The van der Waals surface area contributed by atoms with E-state index in [1.54, 1.807) is 0 Å². The van der Waals surface area contributed by atoms with Crippen molar-refractivity contribution in [1.82, 2.24) is 0 Å². The summed E-state index contributed by atoms with van der Waals surface area (Å²) >= 11 is 5.34. The van der Waals surface area contributed by atoms with Crippen molar-refractivity contribution >= 4 is 24.0 Å². The maximum atomic E-state index is 13.1. The molecule has 0 unspecified atom stereocenters. The molecule has 9 heteroatoms. The molecule has 1 atom stereocenters. The molecule has 2 nitrogen and oxygen atoms in total. The number of aliphatic hydroxyl groups is 1. The summed E-state index contributed by atoms with van der Waals surface area (Å²) in [7, 11) is 0. The van der Waals surface area contributed by atoms with Crippen molar-refractivity contribution in [3.8, 4) is 0 Å². The number of rotatable bonds is 3. The average Bonchev–Trinajstić information content (AvgIpc) is 2.27. The second kappa shape index (κ2) is 6.21. The van der Waals surface area contributed by atoms with E-state index >= 15 is 0 Å². The van der Waals surface area contributed by atoms with Crippen LogP contribution in [0.1, 0.15) is 17.2 Å². The third kappa shape index (κ3) is 4.17. The standard InChI is InChI=1S/C10H9ClF5NO.ClH/c11-7-2-1-5(3-6(7)10(14,15)16)8(17)9(12,13)4-18;/h1-3,8,18H,4,17H2;1H/t8-;/m0./s1. The highest BCUT2D eigenvalue weighted by Crippen LogP contribution is 2.37. The summed E-state index contributed by atoms with van der Waals surface area (Å²) in [4.78, 5) is 0. The van der Waals surface area contributed by atoms with Crippen molar-refractivity contribution < 1.29 is 27.1 Å². The van der Waals surface area contributed by atoms with Crippen LogP contribution >= 0.6 is 24.0 Å². The normalized spacial score (nSPS) is 13.9. The van der Waals surface area contributed by atoms with Gasteiger partial charge in [-0.3, -0.25) is 0 Å². The maximum Gasteiger partial charge on any atom is 0.417 e. The lowest BCUT2D eigenvalue weighted by Gasteiger charge is -2.22. The number of hydrogen-bond donors (Lipinski definition) is 2. The SMILES string of the molecule is Cl.N[C@@H](c1ccc(Cl)c(C(F)(F)F)c1)C(F)(F)CO. The predicted octanol–water partition coefficient (Wildman–Crippen LogP) is 3.41. The van der Waals surface area contributed by atoms with Crippen molar-refractivity contribution in [1.29, 1.82) is 0 Å². The van der Waals surface area contributed by atoms with Gasteiger partial charge in [0, 0.05) is 0 Å². The fourth-order valence-electron chi connectivity index (χ4n) is 1.30. The molecule has 0 aliphatic heterocycles. The van der Waals surface area contributed by atoms with Gasteiger partial charge in [0.05, 0.1) is 16.6 Å². The van der Waals surface area contributed by atoms with Crippen LogP contribution in [0.4, 0.5) is 22.0 Å². The van der Waals surface area contributed by atoms with Gasteiger partial charge in [-0.1, -0.05) is 17.7 Å². The highest BCUT2D eigenvalue weighted by atomic mass is 35.5. The number of hydrogen-bond acceptors (Lipinski definition) is 2. The Bertz CT molecular complexity index is 438. The first-order valence-electron chi connectivity index (χ1n) is 4.70. The van der Waals surface area contributed by atoms with E-state index in [1.807, 2.05) is 0 Å². The van der Waals surface area contributed by atoms with Crippen LogP contribution in [0.3, 0.4) is 0 Å². The van der Waals surface area contributed by atoms with Gasteiger partial charge in [-0.2, -0.15) is 13.2 Å². The molecule has 110 valence electrons. The topological polar surface area (TPSA) is 46.2 Å². The molecule has 1 rings (SSSR count). The third-order valence-electron chi connectivity index (χ3n) is 2.32. The molecule has 0 bridgehead atoms. The average molecular weight is 326 g/mol. The summed E-state index contributed by atoms with van der Waals surface area (Å²) in [6, 6.07) is 0.218. The number of benzene rings is 1. The van der Waals surface area contributed by atoms with Gasteiger partial charge in [-0.05, 0) is 17.7 Å². The fourth-order valence-corrected chi connectivity index (χ4v) is 1.52. The molecule has 1 aromatic rings. The van der Waals surface area contributed by atoms with Gasteiger partial charge in [0.1, 0.15) is 6.61 Å². The number of alkyl halides is 5. The molecule has 0 saturated carbocycles. The van der Waals surface area contributed by atoms with Crippen LogP contribution in [-0.2, 0) is 6.18 Å². The van der Waals surface area contributed by atoms with E-state index in [0.29, 0.717) is 6.07 Å². The van der Waals surface area contributed by atoms with Crippen LogP contribution in [0.25, 0.3) is 0 Å². The molecule has 0 spiro atoms. The zero-order valence-corrected chi connectivity index (χ0v) is 10.8. The van der Waals surface area contributed by atoms with Gasteiger partial charge >= 0.3 is 6.18 Å². The predicted molar refractivity (Wildman–Crippen MR) is 62.7 cm³/mol. The summed E-state index contributed by atoms with van der Waals surface area (Å²) in [6.45, 7) is -1.56. The fraction of sp³-hybridized carbons (Fsp3) is 0.400. The van der Waals surface area contributed by atoms with Crippen molar-refractivity contribution in [2.75, 3.05) is 6.61 Å². The Hall–Kier alpha value is -0.630. The summed E-state index contributed by atoms with van der Waals surface area (Å²) in [6.07, 6.45) is -4.76. The lowest BCUT2D eigenvalue weighted by atomic mass is 9.99. The summed E-state index contributed by atoms with van der Waals surface area (Å²) < 4.78 is 63.7. The van der Waals surface area contributed by atoms with Crippen molar-refractivity contribution in [2.24, 2.45) is 5.73 Å². The molecular formula is C10H10Cl2F5NO. The minimum absolute atomic E-state index is 0. The monoisotopic (exact) mass is 325 g/mol. The Labute approximate surface area is 116 Å². The van der Waals surface area contributed by atoms with E-state index in [1.165, 1.54) is 0 Å². The van der Waals surface area contributed by atoms with Gasteiger partial charge in [0.2, 0.25) is 0 Å². The molecular weight excluding hydrogens is 316 g/mol. The minimum atomic E-state index is -4.76. The zero-order valence-electron chi connectivity index (χ0n) is 9.22. The number of halogens is 7. The number of nitrogens with two attached hydrogens (primary N) is 1. The van der Waals surface area contributed by atoms with E-state index in [0.717, 1.165) is 12.1 Å². The molecule has 0 aliphatic rings. The second-order valence-electron chi connectivity index (χ2n) is 3.63. The molecule has 0 radical (unpaired) electrons. The van der Waals surface area contributed by atoms with Crippen molar-refractivity contribution in [3.05, 3.63) is 34.3 Å². The van der Waals surface area contributed by atoms with Crippen molar-refractivity contribution in [3.63, 3.8) is 0 Å². The van der Waals surface area contributed by atoms with Crippen LogP contribution in [-0.4, -0.2) is 17.6 Å². The Kier molecular flexibility index (Phi) is 6.01. The molecule has 0 fully saturated rings. The van der Waals surface area contributed by atoms with Crippen molar-refractivity contribution in [2.45, 2.75) is 18.1 Å². The quantitative estimate of drug-likeness (QED) is 0.836. The summed E-state index contributed by atoms with van der Waals surface area (Å²) in [5, 5.41) is 7.83. The van der Waals surface area contributed by atoms with E-state index in [-0.39, 0.29) is 12.4 Å². The van der Waals surface area contributed by atoms with Gasteiger partial charge in [-0.15, -0.1) is 12.4 Å². The Morgan fingerprint density at radius 1 is 1.21 bits per heavy atom. The molecule has 0 aliphatic carbocycles. The second-order valence-corrected chi connectivity index (χ2v) is 4.04. The first kappa shape index (κ1) is 18.4. The molecule has 1 aromatic carbocycles. The van der Waals surface area contributed by atoms with E-state index in [2.05, 4.69) is 0 Å². The van der Waals surface area contributed by atoms with Crippen LogP contribution in [0, 0.1) is 0 Å². The first-order chi connectivity index (χ1) is 8.09. The van der Waals surface area contributed by atoms with Gasteiger partial charge in [0.25, 0.3) is 5.92 Å². The summed E-state index contributed by atoms with van der Waals surface area (Å²) in [5.41, 5.74) is 3.43. The van der Waals surface area contributed by atoms with Gasteiger partial charge in [0.15, 0.2) is 0 Å². The smallest absolute Gasteiger partial charge is 0.390 e. The molecule has 0 heterocycles. The van der Waals surface area contributed by atoms with E-state index in [9.17, 15) is 22.0 Å². The maximum absolute atomic E-state index is 13.1. The Balaban J connectivity index is 0.00000324. The molecule has 0 amide bonds. The lowest BCUT2D eigenvalue weighted by Crippen LogP contribution is -2.36. The Morgan fingerprint density at radius 3 is 2.16 bits per heavy atom. The molecule has 19 heavy (non-hydrogen) atoms. The van der Waals surface area contributed by atoms with Crippen LogP contribution in [0.2, 0.25) is 5.02 Å². The zero-order chi connectivity index (χ0) is 14.1. The Morgan fingerprint density at radius 2 is 1.74 bits per heavy atom. The summed E-state index contributed by atoms with van der Waals surface area (Å²) in [5.74, 6) is -3.71. The third-order valence-corrected chi connectivity index (χ3v) is 2.65. The first-order valence-corrected chi connectivity index (χ1v) is 5.08. The van der Waals surface area contributed by atoms with Gasteiger partial charge in [-0.25, -0.2) is 8.78 Å². The van der Waals surface area contributed by atoms with E-state index < -0.39 is 40.9 Å². The molecule has 0 aromatic heterocycles.